The van der Waals surface area contributed by atoms with Gasteiger partial charge in [-0.05, 0) is 66.8 Å². The van der Waals surface area contributed by atoms with E-state index in [1.165, 1.54) is 42.5 Å². The molecule has 1 aliphatic carbocycles. The zero-order chi connectivity index (χ0) is 18.4. The highest BCUT2D eigenvalue weighted by atomic mass is 28.3. The zero-order valence-corrected chi connectivity index (χ0v) is 18.2. The molecule has 134 valence electrons. The summed E-state index contributed by atoms with van der Waals surface area (Å²) in [5, 5.41) is 1.60. The summed E-state index contributed by atoms with van der Waals surface area (Å²) in [4.78, 5) is 0. The minimum absolute atomic E-state index is 0.569. The van der Waals surface area contributed by atoms with E-state index in [-0.39, 0.29) is 0 Å². The van der Waals surface area contributed by atoms with Crippen molar-refractivity contribution in [1.82, 2.24) is 0 Å². The molecule has 1 heterocycles. The zero-order valence-electron chi connectivity index (χ0n) is 17.2. The van der Waals surface area contributed by atoms with Crippen molar-refractivity contribution in [3.63, 3.8) is 0 Å². The van der Waals surface area contributed by atoms with E-state index in [1.54, 1.807) is 21.9 Å². The molecule has 1 nitrogen and oxygen atoms in total. The number of fused-ring (bicyclic) bond motifs is 1. The molecule has 0 fully saturated rings. The second kappa shape index (κ2) is 6.72. The van der Waals surface area contributed by atoms with Gasteiger partial charge in [0.15, 0.2) is 6.20 Å². The van der Waals surface area contributed by atoms with Gasteiger partial charge in [-0.3, -0.25) is 0 Å². The van der Waals surface area contributed by atoms with Gasteiger partial charge in [0.25, 0.3) is 0 Å². The van der Waals surface area contributed by atoms with Crippen LogP contribution in [0.1, 0.15) is 54.9 Å². The van der Waals surface area contributed by atoms with Gasteiger partial charge in [0.2, 0.25) is 5.69 Å². The topological polar surface area (TPSA) is 3.88 Å². The second-order valence-corrected chi connectivity index (χ2v) is 14.2. The highest BCUT2D eigenvalue weighted by molar-refractivity contribution is 6.89. The minimum atomic E-state index is -1.35. The third-order valence-electron chi connectivity index (χ3n) is 5.70. The highest BCUT2D eigenvalue weighted by Crippen LogP contribution is 2.30. The summed E-state index contributed by atoms with van der Waals surface area (Å²) < 4.78 is 2.37. The van der Waals surface area contributed by atoms with Crippen LogP contribution >= 0.6 is 0 Å². The summed E-state index contributed by atoms with van der Waals surface area (Å²) in [5.41, 5.74) is 8.92. The summed E-state index contributed by atoms with van der Waals surface area (Å²) in [6.07, 6.45) is 7.62. The van der Waals surface area contributed by atoms with Gasteiger partial charge in [0.05, 0.1) is 8.07 Å². The minimum Gasteiger partial charge on any atom is -0.201 e. The standard InChI is InChI=1S/C23H34NSi/c1-16(2)20-14-22(24(4)15-23(20)25(5,6)7)21-13-19-11-9-8-10-18(19)12-17(21)3/h12-16H,8-11H2,1-7H3/q+1. The molecular weight excluding hydrogens is 318 g/mol. The number of nitrogens with zero attached hydrogens (tertiary/aromatic N) is 1. The first-order valence-corrected chi connectivity index (χ1v) is 13.4. The molecule has 0 amide bonds. The smallest absolute Gasteiger partial charge is 0.201 e. The van der Waals surface area contributed by atoms with Gasteiger partial charge in [0.1, 0.15) is 7.05 Å². The normalized spacial score (nSPS) is 14.7. The second-order valence-electron chi connectivity index (χ2n) is 9.19. The summed E-state index contributed by atoms with van der Waals surface area (Å²) >= 11 is 0. The first kappa shape index (κ1) is 18.4. The Morgan fingerprint density at radius 2 is 1.56 bits per heavy atom. The van der Waals surface area contributed by atoms with Crippen LogP contribution in [0.2, 0.25) is 19.6 Å². The lowest BCUT2D eigenvalue weighted by Crippen LogP contribution is -2.47. The fourth-order valence-electron chi connectivity index (χ4n) is 4.22. The number of hydrogen-bond donors (Lipinski definition) is 0. The molecule has 25 heavy (non-hydrogen) atoms. The van der Waals surface area contributed by atoms with Crippen molar-refractivity contribution in [3.05, 3.63) is 46.6 Å². The van der Waals surface area contributed by atoms with Crippen LogP contribution in [0.5, 0.6) is 0 Å². The van der Waals surface area contributed by atoms with Crippen molar-refractivity contribution in [1.29, 1.82) is 0 Å². The number of benzene rings is 1. The van der Waals surface area contributed by atoms with Crippen LogP contribution in [0.15, 0.2) is 24.4 Å². The molecule has 0 spiro atoms. The van der Waals surface area contributed by atoms with Crippen LogP contribution in [-0.2, 0) is 19.9 Å². The lowest BCUT2D eigenvalue weighted by Gasteiger charge is -2.23. The largest absolute Gasteiger partial charge is 0.212 e. The molecule has 0 saturated heterocycles. The Morgan fingerprint density at radius 3 is 2.12 bits per heavy atom. The maximum Gasteiger partial charge on any atom is 0.212 e. The van der Waals surface area contributed by atoms with E-state index in [4.69, 9.17) is 0 Å². The summed E-state index contributed by atoms with van der Waals surface area (Å²) in [6, 6.07) is 7.42. The van der Waals surface area contributed by atoms with Gasteiger partial charge >= 0.3 is 0 Å². The van der Waals surface area contributed by atoms with Crippen molar-refractivity contribution >= 4 is 13.3 Å². The van der Waals surface area contributed by atoms with Gasteiger partial charge in [-0.15, -0.1) is 0 Å². The van der Waals surface area contributed by atoms with E-state index in [9.17, 15) is 0 Å². The van der Waals surface area contributed by atoms with E-state index >= 15 is 0 Å². The van der Waals surface area contributed by atoms with E-state index in [0.29, 0.717) is 5.92 Å². The Hall–Kier alpha value is -1.41. The van der Waals surface area contributed by atoms with Crippen molar-refractivity contribution in [2.75, 3.05) is 0 Å². The number of hydrogen-bond acceptors (Lipinski definition) is 0. The van der Waals surface area contributed by atoms with Crippen LogP contribution in [0.25, 0.3) is 11.3 Å². The average Bonchev–Trinajstić information content (AvgIpc) is 2.53. The molecule has 2 aromatic rings. The lowest BCUT2D eigenvalue weighted by molar-refractivity contribution is -0.659. The van der Waals surface area contributed by atoms with Gasteiger partial charge in [-0.25, -0.2) is 4.57 Å². The van der Waals surface area contributed by atoms with Crippen LogP contribution in [0.3, 0.4) is 0 Å². The van der Waals surface area contributed by atoms with E-state index in [0.717, 1.165) is 0 Å². The number of aromatic nitrogens is 1. The lowest BCUT2D eigenvalue weighted by atomic mass is 9.87. The molecule has 0 atom stereocenters. The molecule has 1 aromatic heterocycles. The Labute approximate surface area is 155 Å². The number of aryl methyl sites for hydroxylation is 4. The van der Waals surface area contributed by atoms with Crippen molar-refractivity contribution in [2.45, 2.75) is 72.0 Å². The molecule has 0 aliphatic heterocycles. The Bertz CT molecular complexity index is 797. The summed E-state index contributed by atoms with van der Waals surface area (Å²) in [7, 11) is 0.870. The van der Waals surface area contributed by atoms with Crippen LogP contribution in [-0.4, -0.2) is 8.07 Å². The summed E-state index contributed by atoms with van der Waals surface area (Å²) in [6.45, 7) is 14.3. The maximum absolute atomic E-state index is 2.48. The van der Waals surface area contributed by atoms with E-state index in [2.05, 4.69) is 76.4 Å². The highest BCUT2D eigenvalue weighted by Gasteiger charge is 2.27. The van der Waals surface area contributed by atoms with Crippen molar-refractivity contribution in [3.8, 4) is 11.3 Å². The van der Waals surface area contributed by atoms with E-state index < -0.39 is 8.07 Å². The monoisotopic (exact) mass is 352 g/mol. The quantitative estimate of drug-likeness (QED) is 0.538. The molecule has 2 heteroatoms. The molecule has 1 aromatic carbocycles. The van der Waals surface area contributed by atoms with E-state index in [1.807, 2.05) is 0 Å². The fraction of sp³-hybridized carbons (Fsp3) is 0.522. The maximum atomic E-state index is 2.48. The van der Waals surface area contributed by atoms with Crippen LogP contribution in [0.4, 0.5) is 0 Å². The number of rotatable bonds is 3. The molecule has 0 radical (unpaired) electrons. The predicted octanol–water partition coefficient (Wildman–Crippen LogP) is 5.03. The van der Waals surface area contributed by atoms with Crippen LogP contribution in [0, 0.1) is 6.92 Å². The number of pyridine rings is 1. The van der Waals surface area contributed by atoms with Gasteiger partial charge in [-0.2, -0.15) is 0 Å². The average molecular weight is 353 g/mol. The Kier molecular flexibility index (Phi) is 4.94. The van der Waals surface area contributed by atoms with Gasteiger partial charge in [-0.1, -0.05) is 39.6 Å². The van der Waals surface area contributed by atoms with Gasteiger partial charge < -0.3 is 0 Å². The van der Waals surface area contributed by atoms with Crippen molar-refractivity contribution < 1.29 is 4.57 Å². The SMILES string of the molecule is Cc1cc2c(cc1-c1cc(C(C)C)c([Si](C)(C)C)c[n+]1C)CCCC2. The molecule has 0 N–H and O–H groups in total. The van der Waals surface area contributed by atoms with Gasteiger partial charge in [0, 0.05) is 16.8 Å². The Balaban J connectivity index is 2.19. The molecule has 3 rings (SSSR count). The third-order valence-corrected chi connectivity index (χ3v) is 7.73. The first-order chi connectivity index (χ1) is 11.7. The molecular formula is C23H34NSi+. The predicted molar refractivity (Wildman–Crippen MR) is 112 cm³/mol. The third kappa shape index (κ3) is 3.60. The molecule has 1 aliphatic rings. The molecule has 0 unspecified atom stereocenters. The Morgan fingerprint density at radius 1 is 0.960 bits per heavy atom. The fourth-order valence-corrected chi connectivity index (χ4v) is 6.03. The first-order valence-electron chi connectivity index (χ1n) is 9.85. The van der Waals surface area contributed by atoms with Crippen molar-refractivity contribution in [2.24, 2.45) is 7.05 Å². The molecule has 0 saturated carbocycles. The summed E-state index contributed by atoms with van der Waals surface area (Å²) in [5.74, 6) is 0.569. The van der Waals surface area contributed by atoms with Crippen LogP contribution < -0.4 is 9.75 Å². The molecule has 0 bridgehead atoms.